The fourth-order valence-electron chi connectivity index (χ4n) is 4.58. The molecule has 1 aromatic rings. The van der Waals surface area contributed by atoms with E-state index in [4.69, 9.17) is 0 Å². The smallest absolute Gasteiger partial charge is 0.275 e. The van der Waals surface area contributed by atoms with E-state index in [1.165, 1.54) is 32.1 Å². The van der Waals surface area contributed by atoms with E-state index in [2.05, 4.69) is 27.3 Å². The Hall–Kier alpha value is -1.36. The van der Waals surface area contributed by atoms with Crippen LogP contribution in [-0.2, 0) is 13.0 Å². The van der Waals surface area contributed by atoms with Gasteiger partial charge in [-0.15, -0.1) is 0 Å². The Bertz CT molecular complexity index is 552. The number of hydrogen-bond donors (Lipinski definition) is 2. The Morgan fingerprint density at radius 1 is 1.33 bits per heavy atom. The molecule has 4 rings (SSSR count). The molecule has 0 spiro atoms. The molecule has 3 atom stereocenters. The highest BCUT2D eigenvalue weighted by atomic mass is 16.2. The summed E-state index contributed by atoms with van der Waals surface area (Å²) in [4.78, 5) is 15.2. The van der Waals surface area contributed by atoms with Crippen molar-refractivity contribution < 1.29 is 4.79 Å². The molecular weight excluding hydrogens is 264 g/mol. The zero-order valence-electron chi connectivity index (χ0n) is 12.7. The number of rotatable bonds is 1. The third kappa shape index (κ3) is 2.09. The van der Waals surface area contributed by atoms with Crippen LogP contribution in [0.3, 0.4) is 0 Å². The van der Waals surface area contributed by atoms with Crippen LogP contribution in [0.5, 0.6) is 0 Å². The predicted octanol–water partition coefficient (Wildman–Crippen LogP) is 1.85. The van der Waals surface area contributed by atoms with Crippen molar-refractivity contribution in [1.82, 2.24) is 20.4 Å². The topological polar surface area (TPSA) is 61.0 Å². The largest absolute Gasteiger partial charge is 0.331 e. The average molecular weight is 288 g/mol. The van der Waals surface area contributed by atoms with Crippen LogP contribution in [-0.4, -0.2) is 39.6 Å². The van der Waals surface area contributed by atoms with Gasteiger partial charge in [0.15, 0.2) is 5.69 Å². The maximum atomic E-state index is 13.1. The third-order valence-corrected chi connectivity index (χ3v) is 5.59. The first-order chi connectivity index (χ1) is 10.3. The minimum Gasteiger partial charge on any atom is -0.331 e. The molecule has 0 aromatic carbocycles. The molecule has 5 heteroatoms. The minimum atomic E-state index is 0.151. The SMILES string of the molecule is CC1CC2CCCCC2N1C(=O)c1n[nH]c2c1CNCC2. The van der Waals surface area contributed by atoms with Gasteiger partial charge in [-0.2, -0.15) is 5.10 Å². The van der Waals surface area contributed by atoms with E-state index < -0.39 is 0 Å². The number of aromatic nitrogens is 2. The number of hydrogen-bond acceptors (Lipinski definition) is 3. The fourth-order valence-corrected chi connectivity index (χ4v) is 4.58. The molecule has 2 fully saturated rings. The maximum Gasteiger partial charge on any atom is 0.275 e. The molecule has 3 aliphatic rings. The minimum absolute atomic E-state index is 0.151. The van der Waals surface area contributed by atoms with Crippen molar-refractivity contribution in [2.45, 2.75) is 64.1 Å². The summed E-state index contributed by atoms with van der Waals surface area (Å²) in [5.74, 6) is 0.865. The van der Waals surface area contributed by atoms with Gasteiger partial charge in [-0.1, -0.05) is 12.8 Å². The number of carbonyl (C=O) groups excluding carboxylic acids is 1. The van der Waals surface area contributed by atoms with Crippen LogP contribution >= 0.6 is 0 Å². The summed E-state index contributed by atoms with van der Waals surface area (Å²) < 4.78 is 0. The number of nitrogens with zero attached hydrogens (tertiary/aromatic N) is 2. The zero-order chi connectivity index (χ0) is 14.4. The Balaban J connectivity index is 1.63. The number of amides is 1. The van der Waals surface area contributed by atoms with Gasteiger partial charge in [0.25, 0.3) is 5.91 Å². The normalized spacial score (nSPS) is 31.9. The van der Waals surface area contributed by atoms with E-state index in [0.29, 0.717) is 23.7 Å². The molecule has 0 radical (unpaired) electrons. The Labute approximate surface area is 125 Å². The van der Waals surface area contributed by atoms with Crippen molar-refractivity contribution in [3.63, 3.8) is 0 Å². The van der Waals surface area contributed by atoms with Gasteiger partial charge in [-0.25, -0.2) is 0 Å². The van der Waals surface area contributed by atoms with Gasteiger partial charge < -0.3 is 10.2 Å². The molecule has 21 heavy (non-hydrogen) atoms. The van der Waals surface area contributed by atoms with E-state index in [1.54, 1.807) is 0 Å². The van der Waals surface area contributed by atoms with Crippen molar-refractivity contribution in [2.24, 2.45) is 5.92 Å². The molecular formula is C16H24N4O. The van der Waals surface area contributed by atoms with Crippen molar-refractivity contribution in [3.8, 4) is 0 Å². The van der Waals surface area contributed by atoms with Gasteiger partial charge in [-0.05, 0) is 32.1 Å². The molecule has 2 aliphatic heterocycles. The van der Waals surface area contributed by atoms with Gasteiger partial charge in [-0.3, -0.25) is 9.89 Å². The number of H-pyrrole nitrogens is 1. The summed E-state index contributed by atoms with van der Waals surface area (Å²) in [5.41, 5.74) is 2.90. The molecule has 1 saturated heterocycles. The number of likely N-dealkylation sites (tertiary alicyclic amines) is 1. The number of nitrogens with one attached hydrogen (secondary N) is 2. The summed E-state index contributed by atoms with van der Waals surface area (Å²) in [6, 6.07) is 0.805. The summed E-state index contributed by atoms with van der Waals surface area (Å²) in [5, 5.41) is 10.8. The summed E-state index contributed by atoms with van der Waals surface area (Å²) in [7, 11) is 0. The number of carbonyl (C=O) groups is 1. The highest BCUT2D eigenvalue weighted by molar-refractivity contribution is 5.94. The molecule has 1 saturated carbocycles. The van der Waals surface area contributed by atoms with Gasteiger partial charge in [0.05, 0.1) is 0 Å². The van der Waals surface area contributed by atoms with E-state index in [9.17, 15) is 4.79 Å². The average Bonchev–Trinajstić information content (AvgIpc) is 3.06. The van der Waals surface area contributed by atoms with Crippen molar-refractivity contribution in [3.05, 3.63) is 17.0 Å². The monoisotopic (exact) mass is 288 g/mol. The molecule has 3 unspecified atom stereocenters. The van der Waals surface area contributed by atoms with Crippen molar-refractivity contribution in [1.29, 1.82) is 0 Å². The van der Waals surface area contributed by atoms with Gasteiger partial charge in [0.2, 0.25) is 0 Å². The van der Waals surface area contributed by atoms with E-state index in [0.717, 1.165) is 30.8 Å². The number of fused-ring (bicyclic) bond motifs is 2. The molecule has 0 bridgehead atoms. The van der Waals surface area contributed by atoms with Crippen LogP contribution in [0, 0.1) is 5.92 Å². The van der Waals surface area contributed by atoms with Crippen LogP contribution in [0.4, 0.5) is 0 Å². The zero-order valence-corrected chi connectivity index (χ0v) is 12.7. The molecule has 5 nitrogen and oxygen atoms in total. The van der Waals surface area contributed by atoms with Crippen molar-refractivity contribution in [2.75, 3.05) is 6.54 Å². The Morgan fingerprint density at radius 2 is 2.19 bits per heavy atom. The lowest BCUT2D eigenvalue weighted by Crippen LogP contribution is -2.43. The molecule has 114 valence electrons. The summed E-state index contributed by atoms with van der Waals surface area (Å²) in [6.07, 6.45) is 7.17. The van der Waals surface area contributed by atoms with Gasteiger partial charge in [0.1, 0.15) is 0 Å². The van der Waals surface area contributed by atoms with Crippen LogP contribution < -0.4 is 5.32 Å². The first-order valence-electron chi connectivity index (χ1n) is 8.35. The molecule has 1 amide bonds. The molecule has 1 aliphatic carbocycles. The summed E-state index contributed by atoms with van der Waals surface area (Å²) in [6.45, 7) is 3.93. The van der Waals surface area contributed by atoms with Crippen molar-refractivity contribution >= 4 is 5.91 Å². The van der Waals surface area contributed by atoms with Crippen LogP contribution in [0.2, 0.25) is 0 Å². The van der Waals surface area contributed by atoms with Crippen LogP contribution in [0.25, 0.3) is 0 Å². The standard InChI is InChI=1S/C16H24N4O/c1-10-8-11-4-2-3-5-14(11)20(10)16(21)15-12-9-17-7-6-13(12)18-19-15/h10-11,14,17H,2-9H2,1H3,(H,18,19). The quantitative estimate of drug-likeness (QED) is 0.829. The lowest BCUT2D eigenvalue weighted by Gasteiger charge is -2.33. The van der Waals surface area contributed by atoms with E-state index in [1.807, 2.05) is 0 Å². The highest BCUT2D eigenvalue weighted by Gasteiger charge is 2.43. The third-order valence-electron chi connectivity index (χ3n) is 5.59. The van der Waals surface area contributed by atoms with Gasteiger partial charge in [0, 0.05) is 42.9 Å². The fraction of sp³-hybridized carbons (Fsp3) is 0.750. The lowest BCUT2D eigenvalue weighted by atomic mass is 9.85. The Morgan fingerprint density at radius 3 is 3.10 bits per heavy atom. The van der Waals surface area contributed by atoms with E-state index in [-0.39, 0.29) is 5.91 Å². The highest BCUT2D eigenvalue weighted by Crippen LogP contribution is 2.40. The predicted molar refractivity (Wildman–Crippen MR) is 80.0 cm³/mol. The molecule has 3 heterocycles. The first-order valence-corrected chi connectivity index (χ1v) is 8.35. The van der Waals surface area contributed by atoms with Crippen LogP contribution in [0.1, 0.15) is 60.8 Å². The first kappa shape index (κ1) is 13.3. The molecule has 1 aromatic heterocycles. The van der Waals surface area contributed by atoms with Crippen LogP contribution in [0.15, 0.2) is 0 Å². The maximum absolute atomic E-state index is 13.1. The second-order valence-electron chi connectivity index (χ2n) is 6.87. The van der Waals surface area contributed by atoms with E-state index >= 15 is 0 Å². The second kappa shape index (κ2) is 5.13. The molecule has 2 N–H and O–H groups in total. The summed E-state index contributed by atoms with van der Waals surface area (Å²) >= 11 is 0. The lowest BCUT2D eigenvalue weighted by molar-refractivity contribution is 0.0626. The number of aromatic amines is 1. The second-order valence-corrected chi connectivity index (χ2v) is 6.87. The van der Waals surface area contributed by atoms with Gasteiger partial charge >= 0.3 is 0 Å². The Kier molecular flexibility index (Phi) is 3.25.